The van der Waals surface area contributed by atoms with Crippen LogP contribution in [0.3, 0.4) is 0 Å². The van der Waals surface area contributed by atoms with Crippen molar-refractivity contribution in [1.82, 2.24) is 20.0 Å². The Morgan fingerprint density at radius 1 is 1.13 bits per heavy atom. The number of likely N-dealkylation sites (tertiary alicyclic amines) is 1. The first-order chi connectivity index (χ1) is 15.2. The SMILES string of the molecule is CCCCn1nc(C(=O)NCC(c2ccco2)N2CCCCC2)c2ccccc2c1=O. The smallest absolute Gasteiger partial charge is 0.274 e. The molecule has 3 heterocycles. The first-order valence-electron chi connectivity index (χ1n) is 11.2. The van der Waals surface area contributed by atoms with Crippen molar-refractivity contribution in [3.8, 4) is 0 Å². The molecule has 0 aliphatic carbocycles. The zero-order chi connectivity index (χ0) is 21.6. The number of rotatable bonds is 8. The summed E-state index contributed by atoms with van der Waals surface area (Å²) in [6, 6.07) is 11.0. The van der Waals surface area contributed by atoms with Gasteiger partial charge in [0.25, 0.3) is 11.5 Å². The maximum atomic E-state index is 13.2. The number of unbranched alkanes of at least 4 members (excludes halogenated alkanes) is 1. The number of carbonyl (C=O) groups excluding carboxylic acids is 1. The number of hydrogen-bond donors (Lipinski definition) is 1. The highest BCUT2D eigenvalue weighted by Crippen LogP contribution is 2.24. The predicted octanol–water partition coefficient (Wildman–Crippen LogP) is 3.75. The van der Waals surface area contributed by atoms with Crippen molar-refractivity contribution in [1.29, 1.82) is 0 Å². The molecule has 0 saturated carbocycles. The van der Waals surface area contributed by atoms with E-state index in [2.05, 4.69) is 22.2 Å². The maximum absolute atomic E-state index is 13.2. The number of fused-ring (bicyclic) bond motifs is 1. The molecule has 0 spiro atoms. The van der Waals surface area contributed by atoms with E-state index in [1.54, 1.807) is 18.4 Å². The largest absolute Gasteiger partial charge is 0.468 e. The van der Waals surface area contributed by atoms with Crippen LogP contribution in [-0.2, 0) is 6.54 Å². The van der Waals surface area contributed by atoms with Crippen LogP contribution < -0.4 is 10.9 Å². The Hall–Kier alpha value is -2.93. The standard InChI is InChI=1S/C24H30N4O3/c1-2-3-15-28-24(30)19-11-6-5-10-18(19)22(26-28)23(29)25-17-20(21-12-9-16-31-21)27-13-7-4-8-14-27/h5-6,9-12,16,20H,2-4,7-8,13-15,17H2,1H3,(H,25,29). The monoisotopic (exact) mass is 422 g/mol. The van der Waals surface area contributed by atoms with Crippen LogP contribution in [0.4, 0.5) is 0 Å². The lowest BCUT2D eigenvalue weighted by atomic mass is 10.1. The minimum atomic E-state index is -0.269. The van der Waals surface area contributed by atoms with Gasteiger partial charge in [-0.1, -0.05) is 38.0 Å². The molecule has 31 heavy (non-hydrogen) atoms. The van der Waals surface area contributed by atoms with Crippen LogP contribution in [0.1, 0.15) is 61.3 Å². The molecule has 1 aliphatic heterocycles. The molecular weight excluding hydrogens is 392 g/mol. The molecule has 0 bridgehead atoms. The molecule has 7 heteroatoms. The molecule has 3 aromatic rings. The topological polar surface area (TPSA) is 80.4 Å². The summed E-state index contributed by atoms with van der Waals surface area (Å²) in [6.07, 6.45) is 7.00. The van der Waals surface area contributed by atoms with Crippen molar-refractivity contribution in [3.05, 3.63) is 64.5 Å². The van der Waals surface area contributed by atoms with E-state index in [9.17, 15) is 9.59 Å². The Bertz CT molecular complexity index is 1070. The number of amides is 1. The van der Waals surface area contributed by atoms with Crippen molar-refractivity contribution in [2.75, 3.05) is 19.6 Å². The van der Waals surface area contributed by atoms with E-state index in [0.29, 0.717) is 29.6 Å². The van der Waals surface area contributed by atoms with E-state index in [1.165, 1.54) is 11.1 Å². The zero-order valence-corrected chi connectivity index (χ0v) is 18.0. The van der Waals surface area contributed by atoms with E-state index in [4.69, 9.17) is 4.42 Å². The summed E-state index contributed by atoms with van der Waals surface area (Å²) in [6.45, 7) is 4.98. The number of aryl methyl sites for hydroxylation is 1. The van der Waals surface area contributed by atoms with Gasteiger partial charge < -0.3 is 9.73 Å². The fourth-order valence-electron chi connectivity index (χ4n) is 4.26. The van der Waals surface area contributed by atoms with Crippen molar-refractivity contribution < 1.29 is 9.21 Å². The molecular formula is C24H30N4O3. The molecule has 1 aliphatic rings. The van der Waals surface area contributed by atoms with Gasteiger partial charge in [-0.25, -0.2) is 4.68 Å². The summed E-state index contributed by atoms with van der Waals surface area (Å²) in [7, 11) is 0. The lowest BCUT2D eigenvalue weighted by Crippen LogP contribution is -2.41. The molecule has 1 N–H and O–H groups in total. The number of hydrogen-bond acceptors (Lipinski definition) is 5. The molecule has 7 nitrogen and oxygen atoms in total. The molecule has 1 aromatic carbocycles. The normalized spacial score (nSPS) is 15.8. The second-order valence-corrected chi connectivity index (χ2v) is 8.11. The van der Waals surface area contributed by atoms with Crippen molar-refractivity contribution in [2.45, 2.75) is 51.6 Å². The fourth-order valence-corrected chi connectivity index (χ4v) is 4.26. The quantitative estimate of drug-likeness (QED) is 0.598. The van der Waals surface area contributed by atoms with Gasteiger partial charge >= 0.3 is 0 Å². The molecule has 0 radical (unpaired) electrons. The summed E-state index contributed by atoms with van der Waals surface area (Å²) >= 11 is 0. The molecule has 1 unspecified atom stereocenters. The molecule has 2 aromatic heterocycles. The summed E-state index contributed by atoms with van der Waals surface area (Å²) in [4.78, 5) is 28.4. The highest BCUT2D eigenvalue weighted by Gasteiger charge is 2.26. The second-order valence-electron chi connectivity index (χ2n) is 8.11. The lowest BCUT2D eigenvalue weighted by Gasteiger charge is -2.33. The predicted molar refractivity (Wildman–Crippen MR) is 120 cm³/mol. The van der Waals surface area contributed by atoms with Gasteiger partial charge in [0, 0.05) is 18.5 Å². The molecule has 1 atom stereocenters. The van der Waals surface area contributed by atoms with Crippen LogP contribution in [0.2, 0.25) is 0 Å². The van der Waals surface area contributed by atoms with Crippen LogP contribution in [-0.4, -0.2) is 40.2 Å². The second kappa shape index (κ2) is 9.92. The first kappa shape index (κ1) is 21.3. The highest BCUT2D eigenvalue weighted by atomic mass is 16.3. The van der Waals surface area contributed by atoms with Gasteiger partial charge in [-0.05, 0) is 50.6 Å². The Morgan fingerprint density at radius 2 is 1.90 bits per heavy atom. The number of aromatic nitrogens is 2. The summed E-state index contributed by atoms with van der Waals surface area (Å²) in [5, 5.41) is 8.62. The number of carbonyl (C=O) groups is 1. The van der Waals surface area contributed by atoms with Gasteiger partial charge in [0.05, 0.1) is 17.7 Å². The van der Waals surface area contributed by atoms with Gasteiger partial charge in [0.1, 0.15) is 5.76 Å². The minimum Gasteiger partial charge on any atom is -0.468 e. The van der Waals surface area contributed by atoms with Gasteiger partial charge in [-0.2, -0.15) is 5.10 Å². The highest BCUT2D eigenvalue weighted by molar-refractivity contribution is 6.04. The van der Waals surface area contributed by atoms with Gasteiger partial charge in [0.15, 0.2) is 5.69 Å². The maximum Gasteiger partial charge on any atom is 0.274 e. The number of nitrogens with zero attached hydrogens (tertiary/aromatic N) is 3. The van der Waals surface area contributed by atoms with Crippen LogP contribution >= 0.6 is 0 Å². The Kier molecular flexibility index (Phi) is 6.82. The third kappa shape index (κ3) is 4.71. The van der Waals surface area contributed by atoms with Gasteiger partial charge in [0.2, 0.25) is 0 Å². The molecule has 164 valence electrons. The van der Waals surface area contributed by atoms with Crippen molar-refractivity contribution >= 4 is 16.7 Å². The van der Waals surface area contributed by atoms with Crippen LogP contribution in [0.25, 0.3) is 10.8 Å². The molecule has 1 amide bonds. The van der Waals surface area contributed by atoms with E-state index in [-0.39, 0.29) is 17.5 Å². The average molecular weight is 423 g/mol. The third-order valence-corrected chi connectivity index (χ3v) is 5.97. The summed E-state index contributed by atoms with van der Waals surface area (Å²) in [5.41, 5.74) is 0.144. The van der Waals surface area contributed by atoms with E-state index >= 15 is 0 Å². The molecule has 4 rings (SSSR count). The Balaban J connectivity index is 1.60. The van der Waals surface area contributed by atoms with Gasteiger partial charge in [-0.15, -0.1) is 0 Å². The van der Waals surface area contributed by atoms with Crippen molar-refractivity contribution in [3.63, 3.8) is 0 Å². The van der Waals surface area contributed by atoms with E-state index in [0.717, 1.165) is 44.5 Å². The van der Waals surface area contributed by atoms with Crippen LogP contribution in [0.15, 0.2) is 51.9 Å². The molecule has 1 saturated heterocycles. The number of benzene rings is 1. The number of furan rings is 1. The summed E-state index contributed by atoms with van der Waals surface area (Å²) in [5.74, 6) is 0.586. The minimum absolute atomic E-state index is 0.0171. The van der Waals surface area contributed by atoms with E-state index in [1.807, 2.05) is 24.3 Å². The third-order valence-electron chi connectivity index (χ3n) is 5.97. The summed E-state index contributed by atoms with van der Waals surface area (Å²) < 4.78 is 7.11. The van der Waals surface area contributed by atoms with Crippen LogP contribution in [0.5, 0.6) is 0 Å². The number of piperidine rings is 1. The van der Waals surface area contributed by atoms with Gasteiger partial charge in [-0.3, -0.25) is 14.5 Å². The van der Waals surface area contributed by atoms with Crippen molar-refractivity contribution in [2.24, 2.45) is 0 Å². The Labute approximate surface area is 182 Å². The Morgan fingerprint density at radius 3 is 2.61 bits per heavy atom. The zero-order valence-electron chi connectivity index (χ0n) is 18.0. The average Bonchev–Trinajstić information content (AvgIpc) is 3.34. The number of nitrogens with one attached hydrogen (secondary N) is 1. The first-order valence-corrected chi connectivity index (χ1v) is 11.2. The molecule has 1 fully saturated rings. The van der Waals surface area contributed by atoms with Crippen LogP contribution in [0, 0.1) is 0 Å². The van der Waals surface area contributed by atoms with E-state index < -0.39 is 0 Å². The lowest BCUT2D eigenvalue weighted by molar-refractivity contribution is 0.0908. The fraction of sp³-hybridized carbons (Fsp3) is 0.458.